The fraction of sp³-hybridized carbons (Fsp3) is 0.625. The zero-order valence-electron chi connectivity index (χ0n) is 9.12. The number of imidazole rings is 1. The minimum absolute atomic E-state index is 0.124. The SMILES string of the molecule is Nc1cncn1[C@H]1O[C@H]2COP(=O)(O)O[C@@H]2[C@H]1O. The predicted octanol–water partition coefficient (Wildman–Crippen LogP) is -0.761. The molecule has 100 valence electrons. The highest BCUT2D eigenvalue weighted by Crippen LogP contribution is 2.52. The van der Waals surface area contributed by atoms with E-state index in [-0.39, 0.29) is 6.61 Å². The van der Waals surface area contributed by atoms with E-state index in [4.69, 9.17) is 15.0 Å². The molecule has 3 heterocycles. The first kappa shape index (κ1) is 12.1. The van der Waals surface area contributed by atoms with E-state index in [0.717, 1.165) is 0 Å². The molecule has 1 aromatic heterocycles. The normalized spacial score (nSPS) is 43.9. The summed E-state index contributed by atoms with van der Waals surface area (Å²) in [7, 11) is -4.11. The van der Waals surface area contributed by atoms with E-state index in [2.05, 4.69) is 9.51 Å². The summed E-state index contributed by atoms with van der Waals surface area (Å²) in [4.78, 5) is 13.0. The first-order valence-electron chi connectivity index (χ1n) is 5.24. The Morgan fingerprint density at radius 1 is 1.61 bits per heavy atom. The number of ether oxygens (including phenoxy) is 1. The monoisotopic (exact) mass is 277 g/mol. The van der Waals surface area contributed by atoms with Crippen LogP contribution in [0.2, 0.25) is 0 Å². The van der Waals surface area contributed by atoms with E-state index in [1.165, 1.54) is 17.1 Å². The third kappa shape index (κ3) is 1.85. The molecule has 2 aliphatic heterocycles. The van der Waals surface area contributed by atoms with Gasteiger partial charge in [-0.25, -0.2) is 9.55 Å². The Bertz CT molecular complexity index is 507. The van der Waals surface area contributed by atoms with Crippen molar-refractivity contribution in [2.75, 3.05) is 12.3 Å². The van der Waals surface area contributed by atoms with E-state index < -0.39 is 32.4 Å². The van der Waals surface area contributed by atoms with Crippen LogP contribution >= 0.6 is 7.82 Å². The zero-order chi connectivity index (χ0) is 12.9. The van der Waals surface area contributed by atoms with Crippen LogP contribution in [0.3, 0.4) is 0 Å². The summed E-state index contributed by atoms with van der Waals surface area (Å²) < 4.78 is 27.7. The number of aliphatic hydroxyl groups excluding tert-OH is 1. The van der Waals surface area contributed by atoms with Gasteiger partial charge in [0.25, 0.3) is 0 Å². The topological polar surface area (TPSA) is 129 Å². The van der Waals surface area contributed by atoms with Crippen molar-refractivity contribution in [3.63, 3.8) is 0 Å². The molecule has 0 saturated carbocycles. The van der Waals surface area contributed by atoms with Crippen molar-refractivity contribution in [3.8, 4) is 0 Å². The highest BCUT2D eigenvalue weighted by atomic mass is 31.2. The van der Waals surface area contributed by atoms with Gasteiger partial charge in [-0.1, -0.05) is 0 Å². The summed E-state index contributed by atoms with van der Waals surface area (Å²) in [5, 5.41) is 10.1. The van der Waals surface area contributed by atoms with Crippen LogP contribution in [0, 0.1) is 0 Å². The van der Waals surface area contributed by atoms with E-state index in [1.807, 2.05) is 0 Å². The van der Waals surface area contributed by atoms with E-state index >= 15 is 0 Å². The van der Waals surface area contributed by atoms with E-state index in [9.17, 15) is 14.6 Å². The number of hydrogen-bond acceptors (Lipinski definition) is 7. The summed E-state index contributed by atoms with van der Waals surface area (Å²) in [6, 6.07) is 0. The van der Waals surface area contributed by atoms with Crippen molar-refractivity contribution in [2.45, 2.75) is 24.5 Å². The first-order valence-corrected chi connectivity index (χ1v) is 6.74. The molecule has 5 atom stereocenters. The first-order chi connectivity index (χ1) is 8.48. The molecule has 0 bridgehead atoms. The number of fused-ring (bicyclic) bond motifs is 1. The lowest BCUT2D eigenvalue weighted by Gasteiger charge is -2.27. The minimum Gasteiger partial charge on any atom is -0.386 e. The van der Waals surface area contributed by atoms with Crippen molar-refractivity contribution in [1.82, 2.24) is 9.55 Å². The number of nitrogens with two attached hydrogens (primary N) is 1. The Morgan fingerprint density at radius 2 is 2.39 bits per heavy atom. The Balaban J connectivity index is 1.86. The predicted molar refractivity (Wildman–Crippen MR) is 57.2 cm³/mol. The van der Waals surface area contributed by atoms with Gasteiger partial charge in [-0.05, 0) is 0 Å². The summed E-state index contributed by atoms with van der Waals surface area (Å²) in [5.74, 6) is 0.311. The number of nitrogen functional groups attached to an aromatic ring is 1. The summed E-state index contributed by atoms with van der Waals surface area (Å²) >= 11 is 0. The van der Waals surface area contributed by atoms with Crippen LogP contribution in [-0.4, -0.2) is 44.5 Å². The number of phosphoric ester groups is 1. The summed E-state index contributed by atoms with van der Waals surface area (Å²) in [6.07, 6.45) is -0.686. The molecule has 4 N–H and O–H groups in total. The number of aliphatic hydroxyl groups is 1. The number of anilines is 1. The number of phosphoric acid groups is 1. The van der Waals surface area contributed by atoms with Crippen LogP contribution in [0.25, 0.3) is 0 Å². The van der Waals surface area contributed by atoms with Crippen LogP contribution in [0.4, 0.5) is 5.82 Å². The molecule has 2 aliphatic rings. The smallest absolute Gasteiger partial charge is 0.386 e. The van der Waals surface area contributed by atoms with Gasteiger partial charge in [0.05, 0.1) is 19.1 Å². The molecule has 0 amide bonds. The second kappa shape index (κ2) is 4.02. The second-order valence-corrected chi connectivity index (χ2v) is 5.52. The molecule has 2 fully saturated rings. The number of aromatic nitrogens is 2. The Morgan fingerprint density at radius 3 is 3.06 bits per heavy atom. The molecular formula is C8H12N3O6P. The molecule has 18 heavy (non-hydrogen) atoms. The largest absolute Gasteiger partial charge is 0.472 e. The molecule has 0 aliphatic carbocycles. The minimum atomic E-state index is -4.11. The fourth-order valence-corrected chi connectivity index (χ4v) is 3.06. The second-order valence-electron chi connectivity index (χ2n) is 4.12. The third-order valence-electron chi connectivity index (χ3n) is 2.94. The standard InChI is InChI=1S/C8H12N3O6P/c9-5-1-10-3-11(5)8-6(12)7-4(16-8)2-15-18(13,14)17-7/h1,3-4,6-8,12H,2,9H2,(H,13,14)/t4-,6+,7-,8-/m0/s1. The van der Waals surface area contributed by atoms with Gasteiger partial charge in [0.2, 0.25) is 0 Å². The summed E-state index contributed by atoms with van der Waals surface area (Å²) in [6.45, 7) is -0.124. The van der Waals surface area contributed by atoms with Crippen LogP contribution in [0.1, 0.15) is 6.23 Å². The maximum atomic E-state index is 11.3. The fourth-order valence-electron chi connectivity index (χ4n) is 2.09. The highest BCUT2D eigenvalue weighted by molar-refractivity contribution is 7.47. The van der Waals surface area contributed by atoms with Crippen molar-refractivity contribution >= 4 is 13.6 Å². The Labute approximate surface area is 102 Å². The van der Waals surface area contributed by atoms with Crippen LogP contribution in [0.5, 0.6) is 0 Å². The molecule has 2 saturated heterocycles. The lowest BCUT2D eigenvalue weighted by Crippen LogP contribution is -2.39. The molecule has 10 heteroatoms. The highest BCUT2D eigenvalue weighted by Gasteiger charge is 2.52. The molecule has 3 rings (SSSR count). The summed E-state index contributed by atoms with van der Waals surface area (Å²) in [5.41, 5.74) is 5.66. The number of rotatable bonds is 1. The van der Waals surface area contributed by atoms with Gasteiger partial charge in [0, 0.05) is 0 Å². The quantitative estimate of drug-likeness (QED) is 0.571. The third-order valence-corrected chi connectivity index (χ3v) is 3.92. The molecule has 1 aromatic rings. The van der Waals surface area contributed by atoms with Gasteiger partial charge < -0.3 is 20.5 Å². The van der Waals surface area contributed by atoms with E-state index in [0.29, 0.717) is 5.82 Å². The van der Waals surface area contributed by atoms with Crippen molar-refractivity contribution in [3.05, 3.63) is 12.5 Å². The Hall–Kier alpha value is -0.960. The van der Waals surface area contributed by atoms with Gasteiger partial charge in [0.15, 0.2) is 6.23 Å². The maximum Gasteiger partial charge on any atom is 0.472 e. The van der Waals surface area contributed by atoms with Crippen LogP contribution in [-0.2, 0) is 18.3 Å². The van der Waals surface area contributed by atoms with Gasteiger partial charge in [-0.2, -0.15) is 0 Å². The molecule has 0 spiro atoms. The van der Waals surface area contributed by atoms with Crippen molar-refractivity contribution < 1.29 is 28.3 Å². The molecule has 0 aromatic carbocycles. The van der Waals surface area contributed by atoms with Gasteiger partial charge in [-0.3, -0.25) is 13.6 Å². The Kier molecular flexibility index (Phi) is 2.70. The van der Waals surface area contributed by atoms with Crippen molar-refractivity contribution in [1.29, 1.82) is 0 Å². The average Bonchev–Trinajstić information content (AvgIpc) is 2.83. The molecule has 9 nitrogen and oxygen atoms in total. The van der Waals surface area contributed by atoms with Gasteiger partial charge in [-0.15, -0.1) is 0 Å². The number of hydrogen-bond donors (Lipinski definition) is 3. The lowest BCUT2D eigenvalue weighted by atomic mass is 10.1. The zero-order valence-corrected chi connectivity index (χ0v) is 10.0. The molecule has 1 unspecified atom stereocenters. The van der Waals surface area contributed by atoms with Crippen molar-refractivity contribution in [2.24, 2.45) is 0 Å². The lowest BCUT2D eigenvalue weighted by molar-refractivity contribution is -0.0668. The van der Waals surface area contributed by atoms with Crippen LogP contribution in [0.15, 0.2) is 12.5 Å². The van der Waals surface area contributed by atoms with E-state index in [1.54, 1.807) is 0 Å². The average molecular weight is 277 g/mol. The maximum absolute atomic E-state index is 11.3. The molecule has 0 radical (unpaired) electrons. The van der Waals surface area contributed by atoms with Gasteiger partial charge >= 0.3 is 7.82 Å². The van der Waals surface area contributed by atoms with Gasteiger partial charge in [0.1, 0.15) is 24.1 Å². The molecular weight excluding hydrogens is 265 g/mol. The van der Waals surface area contributed by atoms with Crippen LogP contribution < -0.4 is 5.73 Å². The number of nitrogens with zero attached hydrogens (tertiary/aromatic N) is 2.